The van der Waals surface area contributed by atoms with E-state index in [0.717, 1.165) is 29.9 Å². The third-order valence-corrected chi connectivity index (χ3v) is 5.28. The van der Waals surface area contributed by atoms with Gasteiger partial charge in [-0.1, -0.05) is 0 Å². The van der Waals surface area contributed by atoms with Crippen LogP contribution < -0.4 is 0 Å². The molecular formula is C14H19N5O2S. The molecule has 3 heterocycles. The Bertz CT molecular complexity index is 771. The van der Waals surface area contributed by atoms with Crippen LogP contribution in [0.25, 0.3) is 11.4 Å². The van der Waals surface area contributed by atoms with Gasteiger partial charge in [0.15, 0.2) is 0 Å². The van der Waals surface area contributed by atoms with Crippen LogP contribution in [0.3, 0.4) is 0 Å². The van der Waals surface area contributed by atoms with Gasteiger partial charge in [-0.05, 0) is 18.9 Å². The standard InChI is InChI=1S/C14H19N5O2S/c1-18-14(5-6-16-18)13-9-15-8-12(17-13)11-4-3-7-19(10-11)22(2,20)21/h5-6,8-9,11H,3-4,7,10H2,1-2H3/t11-/m1/s1. The van der Waals surface area contributed by atoms with Gasteiger partial charge in [0.2, 0.25) is 10.0 Å². The normalized spacial score (nSPS) is 20.2. The van der Waals surface area contributed by atoms with Crippen molar-refractivity contribution in [3.05, 3.63) is 30.4 Å². The number of aryl methyl sites for hydroxylation is 1. The van der Waals surface area contributed by atoms with E-state index in [-0.39, 0.29) is 5.92 Å². The number of rotatable bonds is 3. The van der Waals surface area contributed by atoms with Crippen LogP contribution in [0, 0.1) is 0 Å². The van der Waals surface area contributed by atoms with E-state index >= 15 is 0 Å². The molecule has 0 N–H and O–H groups in total. The first kappa shape index (κ1) is 15.1. The van der Waals surface area contributed by atoms with Crippen molar-refractivity contribution >= 4 is 10.0 Å². The van der Waals surface area contributed by atoms with Crippen LogP contribution in [0.2, 0.25) is 0 Å². The van der Waals surface area contributed by atoms with Crippen LogP contribution in [0.5, 0.6) is 0 Å². The van der Waals surface area contributed by atoms with E-state index in [0.29, 0.717) is 13.1 Å². The van der Waals surface area contributed by atoms with Crippen LogP contribution in [-0.2, 0) is 17.1 Å². The van der Waals surface area contributed by atoms with Crippen LogP contribution in [0.4, 0.5) is 0 Å². The van der Waals surface area contributed by atoms with E-state index in [4.69, 9.17) is 0 Å². The zero-order valence-corrected chi connectivity index (χ0v) is 13.5. The predicted octanol–water partition coefficient (Wildman–Crippen LogP) is 1.02. The van der Waals surface area contributed by atoms with Gasteiger partial charge in [0, 0.05) is 38.4 Å². The summed E-state index contributed by atoms with van der Waals surface area (Å²) in [5.41, 5.74) is 2.49. The van der Waals surface area contributed by atoms with Crippen molar-refractivity contribution in [2.75, 3.05) is 19.3 Å². The highest BCUT2D eigenvalue weighted by atomic mass is 32.2. The molecule has 1 saturated heterocycles. The van der Waals surface area contributed by atoms with Crippen LogP contribution >= 0.6 is 0 Å². The molecule has 3 rings (SSSR count). The van der Waals surface area contributed by atoms with E-state index < -0.39 is 10.0 Å². The Morgan fingerprint density at radius 2 is 2.14 bits per heavy atom. The zero-order valence-electron chi connectivity index (χ0n) is 12.7. The van der Waals surface area contributed by atoms with Crippen molar-refractivity contribution < 1.29 is 8.42 Å². The molecule has 0 spiro atoms. The second-order valence-corrected chi connectivity index (χ2v) is 7.61. The number of hydrogen-bond acceptors (Lipinski definition) is 5. The molecule has 0 aromatic carbocycles. The van der Waals surface area contributed by atoms with Gasteiger partial charge in [-0.3, -0.25) is 9.67 Å². The highest BCUT2D eigenvalue weighted by Gasteiger charge is 2.28. The smallest absolute Gasteiger partial charge is 0.211 e. The lowest BCUT2D eigenvalue weighted by atomic mass is 9.96. The van der Waals surface area contributed by atoms with Gasteiger partial charge in [0.25, 0.3) is 0 Å². The van der Waals surface area contributed by atoms with Crippen molar-refractivity contribution in [3.8, 4) is 11.4 Å². The summed E-state index contributed by atoms with van der Waals surface area (Å²) in [6.07, 6.45) is 8.18. The summed E-state index contributed by atoms with van der Waals surface area (Å²) in [5.74, 6) is 0.0872. The molecule has 0 aliphatic carbocycles. The summed E-state index contributed by atoms with van der Waals surface area (Å²) in [6, 6.07) is 1.89. The maximum absolute atomic E-state index is 11.7. The molecule has 7 nitrogen and oxygen atoms in total. The van der Waals surface area contributed by atoms with Gasteiger partial charge in [-0.2, -0.15) is 5.10 Å². The lowest BCUT2D eigenvalue weighted by Crippen LogP contribution is -2.38. The second-order valence-electron chi connectivity index (χ2n) is 5.63. The van der Waals surface area contributed by atoms with Gasteiger partial charge in [0.05, 0.1) is 23.8 Å². The number of aromatic nitrogens is 4. The van der Waals surface area contributed by atoms with Crippen LogP contribution in [-0.4, -0.2) is 51.8 Å². The number of piperidine rings is 1. The summed E-state index contributed by atoms with van der Waals surface area (Å²) < 4.78 is 26.8. The lowest BCUT2D eigenvalue weighted by molar-refractivity contribution is 0.314. The molecule has 0 saturated carbocycles. The molecule has 8 heteroatoms. The average Bonchev–Trinajstić information content (AvgIpc) is 2.93. The van der Waals surface area contributed by atoms with Gasteiger partial charge in [0.1, 0.15) is 5.69 Å². The third-order valence-electron chi connectivity index (χ3n) is 4.01. The van der Waals surface area contributed by atoms with E-state index in [2.05, 4.69) is 15.1 Å². The molecule has 1 atom stereocenters. The SMILES string of the molecule is Cn1nccc1-c1cncc([C@@H]2CCCN(S(C)(=O)=O)C2)n1. The predicted molar refractivity (Wildman–Crippen MR) is 82.6 cm³/mol. The van der Waals surface area contributed by atoms with E-state index in [9.17, 15) is 8.42 Å². The fourth-order valence-corrected chi connectivity index (χ4v) is 3.72. The molecule has 22 heavy (non-hydrogen) atoms. The molecule has 0 amide bonds. The minimum atomic E-state index is -3.16. The molecule has 0 unspecified atom stereocenters. The van der Waals surface area contributed by atoms with Crippen LogP contribution in [0.15, 0.2) is 24.7 Å². The molecule has 0 radical (unpaired) electrons. The maximum Gasteiger partial charge on any atom is 0.211 e. The second kappa shape index (κ2) is 5.77. The molecule has 1 aliphatic rings. The molecule has 118 valence electrons. The Balaban J connectivity index is 1.88. The number of nitrogens with zero attached hydrogens (tertiary/aromatic N) is 5. The topological polar surface area (TPSA) is 81.0 Å². The minimum absolute atomic E-state index is 0.0872. The minimum Gasteiger partial charge on any atom is -0.266 e. The first-order chi connectivity index (χ1) is 10.4. The Morgan fingerprint density at radius 1 is 1.32 bits per heavy atom. The molecule has 2 aromatic rings. The van der Waals surface area contributed by atoms with Crippen molar-refractivity contribution in [1.29, 1.82) is 0 Å². The quantitative estimate of drug-likeness (QED) is 0.843. The van der Waals surface area contributed by atoms with Gasteiger partial charge >= 0.3 is 0 Å². The molecule has 0 bridgehead atoms. The van der Waals surface area contributed by atoms with Crippen molar-refractivity contribution in [1.82, 2.24) is 24.1 Å². The first-order valence-electron chi connectivity index (χ1n) is 7.20. The summed E-state index contributed by atoms with van der Waals surface area (Å²) in [4.78, 5) is 8.94. The highest BCUT2D eigenvalue weighted by Crippen LogP contribution is 2.27. The Morgan fingerprint density at radius 3 is 2.82 bits per heavy atom. The van der Waals surface area contributed by atoms with Gasteiger partial charge in [-0.15, -0.1) is 0 Å². The summed E-state index contributed by atoms with van der Waals surface area (Å²) in [6.45, 7) is 1.06. The first-order valence-corrected chi connectivity index (χ1v) is 9.05. The largest absolute Gasteiger partial charge is 0.266 e. The average molecular weight is 321 g/mol. The molecule has 1 aliphatic heterocycles. The fraction of sp³-hybridized carbons (Fsp3) is 0.500. The fourth-order valence-electron chi connectivity index (χ4n) is 2.81. The Kier molecular flexibility index (Phi) is 3.96. The maximum atomic E-state index is 11.7. The van der Waals surface area contributed by atoms with E-state index in [1.165, 1.54) is 10.6 Å². The molecule has 2 aromatic heterocycles. The van der Waals surface area contributed by atoms with E-state index in [1.54, 1.807) is 23.3 Å². The summed E-state index contributed by atoms with van der Waals surface area (Å²) >= 11 is 0. The van der Waals surface area contributed by atoms with Gasteiger partial charge < -0.3 is 0 Å². The number of sulfonamides is 1. The zero-order chi connectivity index (χ0) is 15.7. The monoisotopic (exact) mass is 321 g/mol. The Hall–Kier alpha value is -1.80. The van der Waals surface area contributed by atoms with Crippen molar-refractivity contribution in [2.24, 2.45) is 7.05 Å². The summed E-state index contributed by atoms with van der Waals surface area (Å²) in [7, 11) is -1.30. The number of hydrogen-bond donors (Lipinski definition) is 0. The summed E-state index contributed by atoms with van der Waals surface area (Å²) in [5, 5.41) is 4.14. The van der Waals surface area contributed by atoms with Crippen LogP contribution in [0.1, 0.15) is 24.5 Å². The third kappa shape index (κ3) is 3.02. The van der Waals surface area contributed by atoms with Gasteiger partial charge in [-0.25, -0.2) is 17.7 Å². The highest BCUT2D eigenvalue weighted by molar-refractivity contribution is 7.88. The Labute approximate surface area is 130 Å². The van der Waals surface area contributed by atoms with Crippen molar-refractivity contribution in [3.63, 3.8) is 0 Å². The molecular weight excluding hydrogens is 302 g/mol. The van der Waals surface area contributed by atoms with E-state index in [1.807, 2.05) is 13.1 Å². The van der Waals surface area contributed by atoms with Crippen molar-refractivity contribution in [2.45, 2.75) is 18.8 Å². The lowest BCUT2D eigenvalue weighted by Gasteiger charge is -2.30. The molecule has 1 fully saturated rings.